The first-order chi connectivity index (χ1) is 11.5. The Morgan fingerprint density at radius 3 is 2.25 bits per heavy atom. The summed E-state index contributed by atoms with van der Waals surface area (Å²) in [6.07, 6.45) is 2.11. The second kappa shape index (κ2) is 8.20. The summed E-state index contributed by atoms with van der Waals surface area (Å²) in [7, 11) is 5.34. The van der Waals surface area contributed by atoms with Gasteiger partial charge >= 0.3 is 0 Å². The van der Waals surface area contributed by atoms with E-state index < -0.39 is 0 Å². The maximum Gasteiger partial charge on any atom is 0.230 e. The van der Waals surface area contributed by atoms with E-state index in [0.29, 0.717) is 0 Å². The lowest BCUT2D eigenvalue weighted by Crippen LogP contribution is -2.42. The SMILES string of the molecule is CCN(CC)C(=O)[C@@H]1C=C(c2cc(OC)cc(OC)c2)CN(C)C1. The first-order valence-electron chi connectivity index (χ1n) is 8.43. The lowest BCUT2D eigenvalue weighted by atomic mass is 9.94. The van der Waals surface area contributed by atoms with Gasteiger partial charge in [-0.05, 0) is 44.2 Å². The van der Waals surface area contributed by atoms with E-state index in [9.17, 15) is 4.79 Å². The highest BCUT2D eigenvalue weighted by Crippen LogP contribution is 2.30. The lowest BCUT2D eigenvalue weighted by molar-refractivity contribution is -0.134. The van der Waals surface area contributed by atoms with Crippen LogP contribution in [0.15, 0.2) is 24.3 Å². The lowest BCUT2D eigenvalue weighted by Gasteiger charge is -2.32. The van der Waals surface area contributed by atoms with Crippen LogP contribution in [0.3, 0.4) is 0 Å². The van der Waals surface area contributed by atoms with Crippen molar-refractivity contribution in [2.45, 2.75) is 13.8 Å². The van der Waals surface area contributed by atoms with Crippen molar-refractivity contribution in [2.75, 3.05) is 47.4 Å². The molecule has 132 valence electrons. The Morgan fingerprint density at radius 2 is 1.75 bits per heavy atom. The van der Waals surface area contributed by atoms with Crippen LogP contribution >= 0.6 is 0 Å². The van der Waals surface area contributed by atoms with Gasteiger partial charge in [0.05, 0.1) is 20.1 Å². The molecule has 0 aliphatic carbocycles. The molecule has 1 atom stereocenters. The minimum absolute atomic E-state index is 0.115. The van der Waals surface area contributed by atoms with Crippen LogP contribution in [-0.4, -0.2) is 63.2 Å². The molecule has 1 heterocycles. The Bertz CT molecular complexity index is 586. The van der Waals surface area contributed by atoms with Gasteiger partial charge in [-0.15, -0.1) is 0 Å². The van der Waals surface area contributed by atoms with Crippen LogP contribution in [-0.2, 0) is 4.79 Å². The first kappa shape index (κ1) is 18.3. The van der Waals surface area contributed by atoms with E-state index in [-0.39, 0.29) is 11.8 Å². The number of likely N-dealkylation sites (N-methyl/N-ethyl adjacent to an activating group) is 1. The van der Waals surface area contributed by atoms with Crippen LogP contribution in [0.1, 0.15) is 19.4 Å². The van der Waals surface area contributed by atoms with Crippen LogP contribution < -0.4 is 9.47 Å². The van der Waals surface area contributed by atoms with Gasteiger partial charge in [-0.3, -0.25) is 4.79 Å². The molecule has 0 spiro atoms. The predicted octanol–water partition coefficient (Wildman–Crippen LogP) is 2.52. The van der Waals surface area contributed by atoms with Crippen LogP contribution in [0.25, 0.3) is 5.57 Å². The molecule has 5 heteroatoms. The molecule has 0 fully saturated rings. The molecule has 1 aliphatic rings. The van der Waals surface area contributed by atoms with Crippen molar-refractivity contribution < 1.29 is 14.3 Å². The van der Waals surface area contributed by atoms with Gasteiger partial charge in [0, 0.05) is 32.2 Å². The van der Waals surface area contributed by atoms with Crippen molar-refractivity contribution in [1.29, 1.82) is 0 Å². The molecule has 1 amide bonds. The zero-order chi connectivity index (χ0) is 17.7. The summed E-state index contributed by atoms with van der Waals surface area (Å²) in [5.74, 6) is 1.59. The molecule has 2 rings (SSSR count). The molecule has 5 nitrogen and oxygen atoms in total. The minimum atomic E-state index is -0.115. The number of nitrogens with zero attached hydrogens (tertiary/aromatic N) is 2. The molecule has 1 aromatic rings. The summed E-state index contributed by atoms with van der Waals surface area (Å²) < 4.78 is 10.7. The van der Waals surface area contributed by atoms with Gasteiger partial charge in [-0.25, -0.2) is 0 Å². The topological polar surface area (TPSA) is 42.0 Å². The van der Waals surface area contributed by atoms with Crippen molar-refractivity contribution in [1.82, 2.24) is 9.80 Å². The molecule has 0 saturated carbocycles. The third-order valence-electron chi connectivity index (χ3n) is 4.47. The molecular weight excluding hydrogens is 304 g/mol. The molecule has 0 aromatic heterocycles. The molecule has 0 radical (unpaired) electrons. The molecule has 1 aliphatic heterocycles. The van der Waals surface area contributed by atoms with E-state index in [2.05, 4.69) is 11.0 Å². The normalized spacial score (nSPS) is 18.0. The number of carbonyl (C=O) groups excluding carboxylic acids is 1. The summed E-state index contributed by atoms with van der Waals surface area (Å²) in [5, 5.41) is 0. The first-order valence-corrected chi connectivity index (χ1v) is 8.43. The van der Waals surface area contributed by atoms with Crippen LogP contribution in [0.5, 0.6) is 11.5 Å². The molecular formula is C19H28N2O3. The van der Waals surface area contributed by atoms with Crippen molar-refractivity contribution in [3.8, 4) is 11.5 Å². The summed E-state index contributed by atoms with van der Waals surface area (Å²) in [4.78, 5) is 16.8. The van der Waals surface area contributed by atoms with Gasteiger partial charge in [-0.2, -0.15) is 0 Å². The zero-order valence-electron chi connectivity index (χ0n) is 15.3. The number of amides is 1. The molecule has 0 N–H and O–H groups in total. The van der Waals surface area contributed by atoms with Crippen molar-refractivity contribution in [3.05, 3.63) is 29.8 Å². The Morgan fingerprint density at radius 1 is 1.17 bits per heavy atom. The number of ether oxygens (including phenoxy) is 2. The fourth-order valence-corrected chi connectivity index (χ4v) is 3.14. The largest absolute Gasteiger partial charge is 0.497 e. The molecule has 0 unspecified atom stereocenters. The second-order valence-electron chi connectivity index (χ2n) is 6.11. The van der Waals surface area contributed by atoms with Crippen LogP contribution in [0.2, 0.25) is 0 Å². The summed E-state index contributed by atoms with van der Waals surface area (Å²) in [6, 6.07) is 5.84. The molecule has 0 bridgehead atoms. The Labute approximate surface area is 144 Å². The Hall–Kier alpha value is -2.01. The van der Waals surface area contributed by atoms with Gasteiger partial charge in [0.15, 0.2) is 0 Å². The summed E-state index contributed by atoms with van der Waals surface area (Å²) in [6.45, 7) is 7.08. The fraction of sp³-hybridized carbons (Fsp3) is 0.526. The van der Waals surface area contributed by atoms with Gasteiger partial charge < -0.3 is 19.3 Å². The molecule has 24 heavy (non-hydrogen) atoms. The third-order valence-corrected chi connectivity index (χ3v) is 4.47. The van der Waals surface area contributed by atoms with Gasteiger partial charge in [0.1, 0.15) is 11.5 Å². The average molecular weight is 332 g/mol. The molecule has 0 saturated heterocycles. The number of rotatable bonds is 6. The second-order valence-corrected chi connectivity index (χ2v) is 6.11. The van der Waals surface area contributed by atoms with Crippen molar-refractivity contribution >= 4 is 11.5 Å². The number of benzene rings is 1. The maximum absolute atomic E-state index is 12.7. The standard InChI is InChI=1S/C19H28N2O3/c1-6-21(7-2)19(22)16-8-15(12-20(3)13-16)14-9-17(23-4)11-18(10-14)24-5/h8-11,16H,6-7,12-13H2,1-5H3/t16-/m1/s1. The third kappa shape index (κ3) is 4.09. The smallest absolute Gasteiger partial charge is 0.230 e. The Balaban J connectivity index is 2.36. The quantitative estimate of drug-likeness (QED) is 0.803. The van der Waals surface area contributed by atoms with E-state index in [0.717, 1.165) is 48.8 Å². The molecule has 1 aromatic carbocycles. The van der Waals surface area contributed by atoms with Gasteiger partial charge in [-0.1, -0.05) is 6.08 Å². The van der Waals surface area contributed by atoms with E-state index in [1.807, 2.05) is 44.0 Å². The van der Waals surface area contributed by atoms with Crippen molar-refractivity contribution in [2.24, 2.45) is 5.92 Å². The average Bonchev–Trinajstić information content (AvgIpc) is 2.61. The van der Waals surface area contributed by atoms with Crippen LogP contribution in [0, 0.1) is 5.92 Å². The predicted molar refractivity (Wildman–Crippen MR) is 96.4 cm³/mol. The van der Waals surface area contributed by atoms with Gasteiger partial charge in [0.25, 0.3) is 0 Å². The highest BCUT2D eigenvalue weighted by atomic mass is 16.5. The van der Waals surface area contributed by atoms with Crippen LogP contribution in [0.4, 0.5) is 0 Å². The van der Waals surface area contributed by atoms with Crippen molar-refractivity contribution in [3.63, 3.8) is 0 Å². The number of hydrogen-bond acceptors (Lipinski definition) is 4. The number of carbonyl (C=O) groups is 1. The van der Waals surface area contributed by atoms with E-state index in [4.69, 9.17) is 9.47 Å². The summed E-state index contributed by atoms with van der Waals surface area (Å²) >= 11 is 0. The van der Waals surface area contributed by atoms with E-state index in [1.54, 1.807) is 14.2 Å². The maximum atomic E-state index is 12.7. The Kier molecular flexibility index (Phi) is 6.26. The summed E-state index contributed by atoms with van der Waals surface area (Å²) in [5.41, 5.74) is 2.17. The number of hydrogen-bond donors (Lipinski definition) is 0. The fourth-order valence-electron chi connectivity index (χ4n) is 3.14. The minimum Gasteiger partial charge on any atom is -0.497 e. The highest BCUT2D eigenvalue weighted by molar-refractivity contribution is 5.84. The van der Waals surface area contributed by atoms with E-state index >= 15 is 0 Å². The van der Waals surface area contributed by atoms with Gasteiger partial charge in [0.2, 0.25) is 5.91 Å². The number of methoxy groups -OCH3 is 2. The highest BCUT2D eigenvalue weighted by Gasteiger charge is 2.27. The zero-order valence-corrected chi connectivity index (χ0v) is 15.3. The monoisotopic (exact) mass is 332 g/mol. The van der Waals surface area contributed by atoms with E-state index in [1.165, 1.54) is 0 Å².